The molecular formula is C24H31N3O5. The van der Waals surface area contributed by atoms with Crippen LogP contribution in [0.4, 0.5) is 17.1 Å². The summed E-state index contributed by atoms with van der Waals surface area (Å²) in [6, 6.07) is 13.3. The molecule has 32 heavy (non-hydrogen) atoms. The molecule has 2 aromatic carbocycles. The largest absolute Gasteiger partial charge is 0.494 e. The van der Waals surface area contributed by atoms with Crippen molar-refractivity contribution in [3.05, 3.63) is 58.6 Å². The minimum absolute atomic E-state index is 0.0258. The lowest BCUT2D eigenvalue weighted by molar-refractivity contribution is -0.384. The summed E-state index contributed by atoms with van der Waals surface area (Å²) in [5.41, 5.74) is 1.26. The summed E-state index contributed by atoms with van der Waals surface area (Å²) in [7, 11) is 1.43. The number of nitro groups is 1. The van der Waals surface area contributed by atoms with Gasteiger partial charge in [-0.05, 0) is 49.2 Å². The van der Waals surface area contributed by atoms with Gasteiger partial charge in [-0.3, -0.25) is 14.9 Å². The van der Waals surface area contributed by atoms with Gasteiger partial charge in [-0.15, -0.1) is 0 Å². The van der Waals surface area contributed by atoms with E-state index < -0.39 is 4.92 Å². The van der Waals surface area contributed by atoms with Crippen molar-refractivity contribution < 1.29 is 19.2 Å². The topological polar surface area (TPSA) is 103 Å². The van der Waals surface area contributed by atoms with Gasteiger partial charge in [-0.25, -0.2) is 0 Å². The van der Waals surface area contributed by atoms with Gasteiger partial charge in [0.15, 0.2) is 0 Å². The maximum Gasteiger partial charge on any atom is 0.305 e. The monoisotopic (exact) mass is 441 g/mol. The van der Waals surface area contributed by atoms with E-state index in [9.17, 15) is 14.9 Å². The van der Waals surface area contributed by atoms with Gasteiger partial charge in [-0.1, -0.05) is 38.5 Å². The minimum Gasteiger partial charge on any atom is -0.494 e. The van der Waals surface area contributed by atoms with E-state index in [1.807, 2.05) is 24.3 Å². The molecule has 0 aliphatic carbocycles. The molecule has 0 aromatic heterocycles. The van der Waals surface area contributed by atoms with Crippen molar-refractivity contribution in [3.8, 4) is 5.75 Å². The second-order valence-electron chi connectivity index (χ2n) is 7.47. The maximum atomic E-state index is 11.0. The van der Waals surface area contributed by atoms with Crippen LogP contribution in [0.15, 0.2) is 58.8 Å². The number of esters is 1. The highest BCUT2D eigenvalue weighted by atomic mass is 16.6. The first-order valence-corrected chi connectivity index (χ1v) is 11.0. The number of methoxy groups -OCH3 is 1. The molecule has 0 saturated heterocycles. The Bertz CT molecular complexity index is 851. The standard InChI is InChI=1S/C24H31N3O5/c1-31-24(28)10-8-6-4-2-3-5-7-9-19-32-23-17-13-21(14-18-23)26-25-20-11-15-22(16-12-20)27(29)30/h11-18H,2-10,19H2,1H3. The Hall–Kier alpha value is -3.29. The minimum atomic E-state index is -0.447. The molecule has 2 rings (SSSR count). The summed E-state index contributed by atoms with van der Waals surface area (Å²) in [5, 5.41) is 18.9. The highest BCUT2D eigenvalue weighted by molar-refractivity contribution is 5.68. The van der Waals surface area contributed by atoms with Gasteiger partial charge in [0, 0.05) is 18.6 Å². The van der Waals surface area contributed by atoms with Gasteiger partial charge < -0.3 is 9.47 Å². The zero-order valence-corrected chi connectivity index (χ0v) is 18.6. The molecular weight excluding hydrogens is 410 g/mol. The molecule has 0 N–H and O–H groups in total. The number of ether oxygens (including phenoxy) is 2. The van der Waals surface area contributed by atoms with Crippen molar-refractivity contribution in [3.63, 3.8) is 0 Å². The highest BCUT2D eigenvalue weighted by Gasteiger charge is 2.03. The third-order valence-corrected chi connectivity index (χ3v) is 4.95. The first kappa shape index (κ1) is 25.0. The van der Waals surface area contributed by atoms with Crippen molar-refractivity contribution in [1.29, 1.82) is 0 Å². The van der Waals surface area contributed by atoms with Crippen LogP contribution in [0.5, 0.6) is 5.75 Å². The second kappa shape index (κ2) is 14.7. The number of nitrogens with zero attached hydrogens (tertiary/aromatic N) is 3. The van der Waals surface area contributed by atoms with E-state index >= 15 is 0 Å². The van der Waals surface area contributed by atoms with Gasteiger partial charge in [0.05, 0.1) is 30.0 Å². The van der Waals surface area contributed by atoms with Crippen molar-refractivity contribution in [1.82, 2.24) is 0 Å². The molecule has 8 heteroatoms. The van der Waals surface area contributed by atoms with Gasteiger partial charge in [-0.2, -0.15) is 10.2 Å². The van der Waals surface area contributed by atoms with Crippen molar-refractivity contribution in [2.24, 2.45) is 10.2 Å². The number of hydrogen-bond acceptors (Lipinski definition) is 7. The summed E-state index contributed by atoms with van der Waals surface area (Å²) >= 11 is 0. The SMILES string of the molecule is COC(=O)CCCCCCCCCCOc1ccc(N=Nc2ccc([N+](=O)[O-])cc2)cc1. The van der Waals surface area contributed by atoms with Crippen molar-refractivity contribution >= 4 is 23.0 Å². The zero-order valence-electron chi connectivity index (χ0n) is 18.6. The molecule has 0 unspecified atom stereocenters. The molecule has 0 fully saturated rings. The first-order chi connectivity index (χ1) is 15.6. The number of benzene rings is 2. The number of azo groups is 1. The molecule has 8 nitrogen and oxygen atoms in total. The summed E-state index contributed by atoms with van der Waals surface area (Å²) in [6.45, 7) is 0.683. The molecule has 0 aliphatic rings. The Balaban J connectivity index is 1.54. The number of nitro benzene ring substituents is 1. The van der Waals surface area contributed by atoms with Gasteiger partial charge in [0.25, 0.3) is 5.69 Å². The Morgan fingerprint density at radius 1 is 0.812 bits per heavy atom. The van der Waals surface area contributed by atoms with E-state index in [1.54, 1.807) is 12.1 Å². The predicted molar refractivity (Wildman–Crippen MR) is 123 cm³/mol. The van der Waals surface area contributed by atoms with Gasteiger partial charge in [0.1, 0.15) is 5.75 Å². The average Bonchev–Trinajstić information content (AvgIpc) is 2.82. The van der Waals surface area contributed by atoms with E-state index in [0.717, 1.165) is 31.4 Å². The number of rotatable bonds is 15. The lowest BCUT2D eigenvalue weighted by atomic mass is 10.1. The van der Waals surface area contributed by atoms with Crippen LogP contribution in [0.1, 0.15) is 57.8 Å². The first-order valence-electron chi connectivity index (χ1n) is 11.0. The van der Waals surface area contributed by atoms with E-state index in [0.29, 0.717) is 24.4 Å². The van der Waals surface area contributed by atoms with Crippen LogP contribution in [-0.2, 0) is 9.53 Å². The predicted octanol–water partition coefficient (Wildman–Crippen LogP) is 7.07. The Morgan fingerprint density at radius 2 is 1.31 bits per heavy atom. The molecule has 0 atom stereocenters. The Kier molecular flexibility index (Phi) is 11.4. The fraction of sp³-hybridized carbons (Fsp3) is 0.458. The third-order valence-electron chi connectivity index (χ3n) is 4.95. The number of carbonyl (C=O) groups is 1. The van der Waals surface area contributed by atoms with Crippen LogP contribution in [-0.4, -0.2) is 24.6 Å². The smallest absolute Gasteiger partial charge is 0.305 e. The van der Waals surface area contributed by atoms with E-state index in [2.05, 4.69) is 15.0 Å². The fourth-order valence-corrected chi connectivity index (χ4v) is 3.09. The third kappa shape index (κ3) is 10.1. The Labute approximate surface area is 188 Å². The van der Waals surface area contributed by atoms with Crippen LogP contribution in [0.25, 0.3) is 0 Å². The zero-order chi connectivity index (χ0) is 23.0. The molecule has 2 aromatic rings. The summed E-state index contributed by atoms with van der Waals surface area (Å²) in [5.74, 6) is 0.677. The molecule has 172 valence electrons. The van der Waals surface area contributed by atoms with E-state index in [-0.39, 0.29) is 11.7 Å². The number of non-ortho nitro benzene ring substituents is 1. The van der Waals surface area contributed by atoms with Crippen molar-refractivity contribution in [2.45, 2.75) is 57.8 Å². The number of hydrogen-bond donors (Lipinski definition) is 0. The van der Waals surface area contributed by atoms with E-state index in [4.69, 9.17) is 4.74 Å². The quantitative estimate of drug-likeness (QED) is 0.0966. The normalized spacial score (nSPS) is 10.9. The molecule has 0 heterocycles. The Morgan fingerprint density at radius 3 is 1.84 bits per heavy atom. The number of unbranched alkanes of at least 4 members (excludes halogenated alkanes) is 7. The molecule has 0 saturated carbocycles. The van der Waals surface area contributed by atoms with Crippen LogP contribution in [0.3, 0.4) is 0 Å². The highest BCUT2D eigenvalue weighted by Crippen LogP contribution is 2.23. The van der Waals surface area contributed by atoms with Crippen LogP contribution in [0, 0.1) is 10.1 Å². The lowest BCUT2D eigenvalue weighted by Crippen LogP contribution is -1.99. The summed E-state index contributed by atoms with van der Waals surface area (Å²) in [6.07, 6.45) is 9.47. The number of carbonyl (C=O) groups excluding carboxylic acids is 1. The summed E-state index contributed by atoms with van der Waals surface area (Å²) in [4.78, 5) is 21.2. The van der Waals surface area contributed by atoms with E-state index in [1.165, 1.54) is 44.9 Å². The molecule has 0 amide bonds. The summed E-state index contributed by atoms with van der Waals surface area (Å²) < 4.78 is 10.4. The van der Waals surface area contributed by atoms with Crippen molar-refractivity contribution in [2.75, 3.05) is 13.7 Å². The maximum absolute atomic E-state index is 11.0. The van der Waals surface area contributed by atoms with Gasteiger partial charge in [0.2, 0.25) is 0 Å². The molecule has 0 aliphatic heterocycles. The van der Waals surface area contributed by atoms with Crippen LogP contribution >= 0.6 is 0 Å². The molecule has 0 radical (unpaired) electrons. The molecule has 0 spiro atoms. The van der Waals surface area contributed by atoms with Crippen LogP contribution in [0.2, 0.25) is 0 Å². The lowest BCUT2D eigenvalue weighted by Gasteiger charge is -2.06. The van der Waals surface area contributed by atoms with Gasteiger partial charge >= 0.3 is 5.97 Å². The molecule has 0 bridgehead atoms. The average molecular weight is 442 g/mol. The second-order valence-corrected chi connectivity index (χ2v) is 7.47. The fourth-order valence-electron chi connectivity index (χ4n) is 3.09. The van der Waals surface area contributed by atoms with Crippen LogP contribution < -0.4 is 4.74 Å².